The van der Waals surface area contributed by atoms with Crippen molar-refractivity contribution in [3.05, 3.63) is 42.6 Å². The number of carbonyl (C=O) groups is 1. The lowest BCUT2D eigenvalue weighted by molar-refractivity contribution is 0.0544. The average Bonchev–Trinajstić information content (AvgIpc) is 2.69. The van der Waals surface area contributed by atoms with Crippen molar-refractivity contribution in [2.24, 2.45) is 0 Å². The number of ether oxygens (including phenoxy) is 1. The molecule has 0 aliphatic rings. The third-order valence-corrected chi connectivity index (χ3v) is 2.58. The molecule has 2 aromatic rings. The van der Waals surface area contributed by atoms with Crippen molar-refractivity contribution in [2.75, 3.05) is 0 Å². The molecule has 94 valence electrons. The van der Waals surface area contributed by atoms with Gasteiger partial charge >= 0.3 is 6.09 Å². The van der Waals surface area contributed by atoms with Gasteiger partial charge in [-0.3, -0.25) is 4.57 Å². The number of rotatable bonds is 1. The zero-order chi connectivity index (χ0) is 13.3. The minimum atomic E-state index is -0.496. The van der Waals surface area contributed by atoms with Crippen molar-refractivity contribution < 1.29 is 9.53 Å². The molecule has 3 nitrogen and oxygen atoms in total. The zero-order valence-electron chi connectivity index (χ0n) is 10.9. The van der Waals surface area contributed by atoms with E-state index in [1.165, 1.54) is 4.57 Å². The summed E-state index contributed by atoms with van der Waals surface area (Å²) in [5.41, 5.74) is 1.35. The number of benzene rings is 1. The lowest BCUT2D eigenvalue weighted by Crippen LogP contribution is -2.26. The Bertz CT molecular complexity index is 602. The van der Waals surface area contributed by atoms with Gasteiger partial charge in [0, 0.05) is 11.6 Å². The van der Waals surface area contributed by atoms with Gasteiger partial charge in [-0.2, -0.15) is 0 Å². The van der Waals surface area contributed by atoms with Gasteiger partial charge in [-0.15, -0.1) is 0 Å². The van der Waals surface area contributed by atoms with Crippen LogP contribution in [0, 0.1) is 0 Å². The fraction of sp³-hybridized carbons (Fsp3) is 0.267. The standard InChI is InChI=1S/C15H17NO2/c1-5-11-7-6-8-13-12(11)9-10-16(13)14(17)18-15(2,3)4/h5-10H,1H2,2-4H3. The molecule has 3 heteroatoms. The fourth-order valence-electron chi connectivity index (χ4n) is 1.84. The molecule has 0 aliphatic carbocycles. The molecule has 0 unspecified atom stereocenters. The normalized spacial score (nSPS) is 11.5. The molecule has 0 saturated carbocycles. The van der Waals surface area contributed by atoms with E-state index in [1.807, 2.05) is 45.0 Å². The van der Waals surface area contributed by atoms with Gasteiger partial charge in [-0.25, -0.2) is 4.79 Å². The highest BCUT2D eigenvalue weighted by molar-refractivity contribution is 5.94. The van der Waals surface area contributed by atoms with Gasteiger partial charge in [0.05, 0.1) is 5.52 Å². The Labute approximate surface area is 107 Å². The maximum absolute atomic E-state index is 12.0. The van der Waals surface area contributed by atoms with E-state index in [1.54, 1.807) is 12.3 Å². The van der Waals surface area contributed by atoms with Crippen LogP contribution < -0.4 is 0 Å². The molecule has 0 amide bonds. The summed E-state index contributed by atoms with van der Waals surface area (Å²) >= 11 is 0. The Hall–Kier alpha value is -2.03. The van der Waals surface area contributed by atoms with Gasteiger partial charge in [0.25, 0.3) is 0 Å². The molecule has 0 spiro atoms. The summed E-state index contributed by atoms with van der Waals surface area (Å²) in [5.74, 6) is 0. The second kappa shape index (κ2) is 4.33. The maximum atomic E-state index is 12.0. The third-order valence-electron chi connectivity index (χ3n) is 2.58. The van der Waals surface area contributed by atoms with Gasteiger partial charge in [0.1, 0.15) is 5.60 Å². The molecule has 2 rings (SSSR count). The molecule has 0 N–H and O–H groups in total. The Morgan fingerprint density at radius 1 is 1.33 bits per heavy atom. The summed E-state index contributed by atoms with van der Waals surface area (Å²) in [4.78, 5) is 12.0. The van der Waals surface area contributed by atoms with Gasteiger partial charge in [-0.1, -0.05) is 24.8 Å². The molecule has 0 fully saturated rings. The molecule has 0 radical (unpaired) electrons. The van der Waals surface area contributed by atoms with Crippen LogP contribution >= 0.6 is 0 Å². The summed E-state index contributed by atoms with van der Waals surface area (Å²) in [7, 11) is 0. The highest BCUT2D eigenvalue weighted by Crippen LogP contribution is 2.22. The SMILES string of the molecule is C=Cc1cccc2c1ccn2C(=O)OC(C)(C)C. The van der Waals surface area contributed by atoms with E-state index in [4.69, 9.17) is 4.74 Å². The number of hydrogen-bond donors (Lipinski definition) is 0. The molecular formula is C15H17NO2. The number of aromatic nitrogens is 1. The topological polar surface area (TPSA) is 31.2 Å². The smallest absolute Gasteiger partial charge is 0.418 e. The number of hydrogen-bond acceptors (Lipinski definition) is 2. The van der Waals surface area contributed by atoms with Crippen LogP contribution in [-0.4, -0.2) is 16.3 Å². The van der Waals surface area contributed by atoms with Crippen molar-refractivity contribution in [2.45, 2.75) is 26.4 Å². The summed E-state index contributed by atoms with van der Waals surface area (Å²) < 4.78 is 6.88. The van der Waals surface area contributed by atoms with E-state index in [9.17, 15) is 4.79 Å². The van der Waals surface area contributed by atoms with Crippen LogP contribution in [0.1, 0.15) is 26.3 Å². The Morgan fingerprint density at radius 3 is 2.67 bits per heavy atom. The molecular weight excluding hydrogens is 226 g/mol. The van der Waals surface area contributed by atoms with Gasteiger partial charge in [0.15, 0.2) is 0 Å². The summed E-state index contributed by atoms with van der Waals surface area (Å²) in [6, 6.07) is 7.66. The number of carbonyl (C=O) groups excluding carboxylic acids is 1. The largest absolute Gasteiger partial charge is 0.443 e. The summed E-state index contributed by atoms with van der Waals surface area (Å²) in [5, 5.41) is 0.998. The zero-order valence-corrected chi connectivity index (χ0v) is 10.9. The van der Waals surface area contributed by atoms with Crippen LogP contribution in [-0.2, 0) is 4.74 Å². The van der Waals surface area contributed by atoms with Crippen LogP contribution in [0.2, 0.25) is 0 Å². The first-order valence-corrected chi connectivity index (χ1v) is 5.88. The highest BCUT2D eigenvalue weighted by Gasteiger charge is 2.19. The molecule has 1 aromatic carbocycles. The van der Waals surface area contributed by atoms with E-state index in [-0.39, 0.29) is 6.09 Å². The lowest BCUT2D eigenvalue weighted by atomic mass is 10.1. The second-order valence-electron chi connectivity index (χ2n) is 5.15. The highest BCUT2D eigenvalue weighted by atomic mass is 16.6. The first-order chi connectivity index (χ1) is 8.42. The van der Waals surface area contributed by atoms with Crippen LogP contribution in [0.3, 0.4) is 0 Å². The van der Waals surface area contributed by atoms with Crippen molar-refractivity contribution in [3.8, 4) is 0 Å². The Kier molecular flexibility index (Phi) is 2.99. The predicted molar refractivity (Wildman–Crippen MR) is 73.7 cm³/mol. The Morgan fingerprint density at radius 2 is 2.06 bits per heavy atom. The molecule has 1 heterocycles. The monoisotopic (exact) mass is 243 g/mol. The fourth-order valence-corrected chi connectivity index (χ4v) is 1.84. The van der Waals surface area contributed by atoms with Crippen LogP contribution in [0.25, 0.3) is 17.0 Å². The minimum absolute atomic E-state index is 0.362. The van der Waals surface area contributed by atoms with Gasteiger partial charge < -0.3 is 4.74 Å². The van der Waals surface area contributed by atoms with Crippen LogP contribution in [0.5, 0.6) is 0 Å². The van der Waals surface area contributed by atoms with E-state index < -0.39 is 5.60 Å². The average molecular weight is 243 g/mol. The van der Waals surface area contributed by atoms with E-state index in [0.29, 0.717) is 0 Å². The third kappa shape index (κ3) is 2.30. The molecule has 0 saturated heterocycles. The van der Waals surface area contributed by atoms with Crippen molar-refractivity contribution in [3.63, 3.8) is 0 Å². The van der Waals surface area contributed by atoms with Crippen LogP contribution in [0.15, 0.2) is 37.0 Å². The minimum Gasteiger partial charge on any atom is -0.443 e. The predicted octanol–water partition coefficient (Wildman–Crippen LogP) is 4.07. The van der Waals surface area contributed by atoms with Gasteiger partial charge in [-0.05, 0) is 38.5 Å². The Balaban J connectivity index is 2.47. The molecule has 18 heavy (non-hydrogen) atoms. The van der Waals surface area contributed by atoms with Gasteiger partial charge in [0.2, 0.25) is 0 Å². The second-order valence-corrected chi connectivity index (χ2v) is 5.15. The number of fused-ring (bicyclic) bond motifs is 1. The quantitative estimate of drug-likeness (QED) is 0.756. The number of nitrogens with zero attached hydrogens (tertiary/aromatic N) is 1. The van der Waals surface area contributed by atoms with E-state index >= 15 is 0 Å². The van der Waals surface area contributed by atoms with Crippen molar-refractivity contribution in [1.82, 2.24) is 4.57 Å². The molecule has 1 aromatic heterocycles. The first-order valence-electron chi connectivity index (χ1n) is 5.88. The molecule has 0 aliphatic heterocycles. The van der Waals surface area contributed by atoms with Crippen LogP contribution in [0.4, 0.5) is 4.79 Å². The van der Waals surface area contributed by atoms with Crippen molar-refractivity contribution in [1.29, 1.82) is 0 Å². The molecule has 0 bridgehead atoms. The van der Waals surface area contributed by atoms with Crippen molar-refractivity contribution >= 4 is 23.1 Å². The van der Waals surface area contributed by atoms with E-state index in [0.717, 1.165) is 16.5 Å². The summed E-state index contributed by atoms with van der Waals surface area (Å²) in [6.07, 6.45) is 3.15. The lowest BCUT2D eigenvalue weighted by Gasteiger charge is -2.19. The maximum Gasteiger partial charge on any atom is 0.418 e. The molecule has 0 atom stereocenters. The first kappa shape index (κ1) is 12.4. The van der Waals surface area contributed by atoms with E-state index in [2.05, 4.69) is 6.58 Å². The summed E-state index contributed by atoms with van der Waals surface area (Å²) in [6.45, 7) is 9.33.